The van der Waals surface area contributed by atoms with E-state index < -0.39 is 0 Å². The normalized spacial score (nSPS) is 17.3. The molecule has 2 fully saturated rings. The van der Waals surface area contributed by atoms with Crippen LogP contribution in [0.4, 0.5) is 5.82 Å². The van der Waals surface area contributed by atoms with Crippen LogP contribution >= 0.6 is 0 Å². The number of anilines is 1. The van der Waals surface area contributed by atoms with Crippen LogP contribution in [0, 0.1) is 0 Å². The minimum absolute atomic E-state index is 0.0596. The fraction of sp³-hybridized carbons (Fsp3) is 0.348. The standard InChI is InChI=1S/C23H24N4O3/c28-23(27-9-13-30-14-10-27)18-3-1-17(2-4-18)19-5-6-20-21(15-19)25-22(16-24-20)26-7-11-29-12-8-26/h1-6,15-16H,7-14H2. The number of hydrogen-bond donors (Lipinski definition) is 0. The van der Waals surface area contributed by atoms with Gasteiger partial charge in [-0.25, -0.2) is 4.98 Å². The monoisotopic (exact) mass is 404 g/mol. The molecule has 7 heteroatoms. The van der Waals surface area contributed by atoms with Crippen LogP contribution in [-0.2, 0) is 9.47 Å². The van der Waals surface area contributed by atoms with Crippen LogP contribution < -0.4 is 4.90 Å². The maximum atomic E-state index is 12.6. The second-order valence-electron chi connectivity index (χ2n) is 7.51. The minimum atomic E-state index is 0.0596. The molecule has 2 aromatic carbocycles. The van der Waals surface area contributed by atoms with E-state index in [4.69, 9.17) is 14.5 Å². The first kappa shape index (κ1) is 19.0. The summed E-state index contributed by atoms with van der Waals surface area (Å²) >= 11 is 0. The van der Waals surface area contributed by atoms with E-state index in [1.807, 2.05) is 47.5 Å². The third kappa shape index (κ3) is 3.86. The minimum Gasteiger partial charge on any atom is -0.378 e. The molecule has 3 aromatic rings. The summed E-state index contributed by atoms with van der Waals surface area (Å²) in [6.07, 6.45) is 1.83. The zero-order valence-corrected chi connectivity index (χ0v) is 16.8. The molecular weight excluding hydrogens is 380 g/mol. The number of carbonyl (C=O) groups excluding carboxylic acids is 1. The van der Waals surface area contributed by atoms with Gasteiger partial charge in [-0.3, -0.25) is 9.78 Å². The van der Waals surface area contributed by atoms with Crippen molar-refractivity contribution in [3.63, 3.8) is 0 Å². The average molecular weight is 404 g/mol. The largest absolute Gasteiger partial charge is 0.378 e. The van der Waals surface area contributed by atoms with E-state index >= 15 is 0 Å². The summed E-state index contributed by atoms with van der Waals surface area (Å²) in [6, 6.07) is 13.9. The molecule has 0 unspecified atom stereocenters. The fourth-order valence-corrected chi connectivity index (χ4v) is 3.88. The highest BCUT2D eigenvalue weighted by molar-refractivity contribution is 5.95. The lowest BCUT2D eigenvalue weighted by molar-refractivity contribution is 0.0303. The molecule has 0 radical (unpaired) electrons. The van der Waals surface area contributed by atoms with Gasteiger partial charge in [-0.2, -0.15) is 0 Å². The first-order valence-electron chi connectivity index (χ1n) is 10.3. The number of hydrogen-bond acceptors (Lipinski definition) is 6. The lowest BCUT2D eigenvalue weighted by atomic mass is 10.0. The van der Waals surface area contributed by atoms with E-state index in [9.17, 15) is 4.79 Å². The van der Waals surface area contributed by atoms with Crippen molar-refractivity contribution >= 4 is 22.8 Å². The molecule has 0 N–H and O–H groups in total. The van der Waals surface area contributed by atoms with Crippen LogP contribution in [0.2, 0.25) is 0 Å². The highest BCUT2D eigenvalue weighted by Gasteiger charge is 2.18. The summed E-state index contributed by atoms with van der Waals surface area (Å²) in [4.78, 5) is 26.1. The predicted octanol–water partition coefficient (Wildman–Crippen LogP) is 2.61. The molecule has 154 valence electrons. The Labute approximate surface area is 175 Å². The van der Waals surface area contributed by atoms with E-state index in [2.05, 4.69) is 16.0 Å². The van der Waals surface area contributed by atoms with Gasteiger partial charge >= 0.3 is 0 Å². The number of carbonyl (C=O) groups is 1. The number of ether oxygens (including phenoxy) is 2. The molecule has 0 atom stereocenters. The van der Waals surface area contributed by atoms with Gasteiger partial charge in [-0.05, 0) is 35.4 Å². The lowest BCUT2D eigenvalue weighted by Crippen LogP contribution is -2.40. The van der Waals surface area contributed by atoms with Gasteiger partial charge in [0, 0.05) is 31.7 Å². The summed E-state index contributed by atoms with van der Waals surface area (Å²) in [5, 5.41) is 0. The number of nitrogens with zero attached hydrogens (tertiary/aromatic N) is 4. The van der Waals surface area contributed by atoms with Crippen LogP contribution in [0.5, 0.6) is 0 Å². The lowest BCUT2D eigenvalue weighted by Gasteiger charge is -2.27. The van der Waals surface area contributed by atoms with Crippen LogP contribution in [0.15, 0.2) is 48.7 Å². The number of fused-ring (bicyclic) bond motifs is 1. The Bertz CT molecular complexity index is 1040. The van der Waals surface area contributed by atoms with Gasteiger partial charge < -0.3 is 19.3 Å². The molecule has 1 amide bonds. The Morgan fingerprint density at radius 1 is 0.800 bits per heavy atom. The summed E-state index contributed by atoms with van der Waals surface area (Å²) in [5.74, 6) is 0.943. The van der Waals surface area contributed by atoms with E-state index in [0.717, 1.165) is 54.3 Å². The summed E-state index contributed by atoms with van der Waals surface area (Å²) in [5.41, 5.74) is 4.55. The van der Waals surface area contributed by atoms with E-state index in [0.29, 0.717) is 31.9 Å². The number of aromatic nitrogens is 2. The number of benzene rings is 2. The third-order valence-corrected chi connectivity index (χ3v) is 5.63. The van der Waals surface area contributed by atoms with Crippen molar-refractivity contribution in [1.29, 1.82) is 0 Å². The second-order valence-corrected chi connectivity index (χ2v) is 7.51. The molecule has 2 aliphatic heterocycles. The molecule has 2 saturated heterocycles. The van der Waals surface area contributed by atoms with Crippen LogP contribution in [0.1, 0.15) is 10.4 Å². The van der Waals surface area contributed by atoms with Gasteiger partial charge in [-0.1, -0.05) is 18.2 Å². The Balaban J connectivity index is 1.39. The molecule has 1 aromatic heterocycles. The molecule has 0 spiro atoms. The number of morpholine rings is 2. The van der Waals surface area contributed by atoms with Crippen LogP contribution in [0.25, 0.3) is 22.2 Å². The Hall–Kier alpha value is -3.03. The molecule has 3 heterocycles. The average Bonchev–Trinajstić information content (AvgIpc) is 2.84. The van der Waals surface area contributed by atoms with Gasteiger partial charge in [0.05, 0.1) is 43.7 Å². The quantitative estimate of drug-likeness (QED) is 0.669. The predicted molar refractivity (Wildman–Crippen MR) is 115 cm³/mol. The van der Waals surface area contributed by atoms with E-state index in [-0.39, 0.29) is 5.91 Å². The Morgan fingerprint density at radius 3 is 2.20 bits per heavy atom. The molecule has 7 nitrogen and oxygen atoms in total. The Morgan fingerprint density at radius 2 is 1.47 bits per heavy atom. The summed E-state index contributed by atoms with van der Waals surface area (Å²) in [6.45, 7) is 5.61. The molecule has 0 bridgehead atoms. The smallest absolute Gasteiger partial charge is 0.254 e. The SMILES string of the molecule is O=C(c1ccc(-c2ccc3ncc(N4CCOCC4)nc3c2)cc1)N1CCOCC1. The van der Waals surface area contributed by atoms with Crippen molar-refractivity contribution in [1.82, 2.24) is 14.9 Å². The first-order chi connectivity index (χ1) is 14.8. The molecular formula is C23H24N4O3. The van der Waals surface area contributed by atoms with Crippen molar-refractivity contribution in [2.45, 2.75) is 0 Å². The number of rotatable bonds is 3. The zero-order valence-electron chi connectivity index (χ0n) is 16.8. The van der Waals surface area contributed by atoms with Crippen molar-refractivity contribution in [2.75, 3.05) is 57.5 Å². The molecule has 0 saturated carbocycles. The summed E-state index contributed by atoms with van der Waals surface area (Å²) in [7, 11) is 0. The first-order valence-corrected chi connectivity index (χ1v) is 10.3. The maximum absolute atomic E-state index is 12.6. The zero-order chi connectivity index (χ0) is 20.3. The van der Waals surface area contributed by atoms with Crippen molar-refractivity contribution in [3.05, 3.63) is 54.2 Å². The Kier molecular flexibility index (Phi) is 5.29. The highest BCUT2D eigenvalue weighted by atomic mass is 16.5. The van der Waals surface area contributed by atoms with Gasteiger partial charge in [0.15, 0.2) is 0 Å². The third-order valence-electron chi connectivity index (χ3n) is 5.63. The van der Waals surface area contributed by atoms with Crippen molar-refractivity contribution < 1.29 is 14.3 Å². The van der Waals surface area contributed by atoms with E-state index in [1.165, 1.54) is 0 Å². The van der Waals surface area contributed by atoms with Crippen LogP contribution in [0.3, 0.4) is 0 Å². The van der Waals surface area contributed by atoms with Gasteiger partial charge in [0.2, 0.25) is 0 Å². The van der Waals surface area contributed by atoms with Crippen molar-refractivity contribution in [2.24, 2.45) is 0 Å². The fourth-order valence-electron chi connectivity index (χ4n) is 3.88. The molecule has 2 aliphatic rings. The van der Waals surface area contributed by atoms with Crippen molar-refractivity contribution in [3.8, 4) is 11.1 Å². The second kappa shape index (κ2) is 8.38. The van der Waals surface area contributed by atoms with E-state index in [1.54, 1.807) is 0 Å². The number of amides is 1. The molecule has 5 rings (SSSR count). The maximum Gasteiger partial charge on any atom is 0.254 e. The topological polar surface area (TPSA) is 67.8 Å². The molecule has 30 heavy (non-hydrogen) atoms. The summed E-state index contributed by atoms with van der Waals surface area (Å²) < 4.78 is 10.8. The van der Waals surface area contributed by atoms with Gasteiger partial charge in [-0.15, -0.1) is 0 Å². The van der Waals surface area contributed by atoms with Gasteiger partial charge in [0.1, 0.15) is 5.82 Å². The van der Waals surface area contributed by atoms with Gasteiger partial charge in [0.25, 0.3) is 5.91 Å². The van der Waals surface area contributed by atoms with Crippen LogP contribution in [-0.4, -0.2) is 73.4 Å². The highest BCUT2D eigenvalue weighted by Crippen LogP contribution is 2.25. The molecule has 0 aliphatic carbocycles.